The zero-order valence-corrected chi connectivity index (χ0v) is 16.4. The molecule has 0 saturated carbocycles. The largest absolute Gasteiger partial charge is 0.485 e. The van der Waals surface area contributed by atoms with E-state index in [-0.39, 0.29) is 12.4 Å². The van der Waals surface area contributed by atoms with Crippen molar-refractivity contribution < 1.29 is 24.2 Å². The summed E-state index contributed by atoms with van der Waals surface area (Å²) in [4.78, 5) is 22.7. The number of hydrogen-bond donors (Lipinski definition) is 1. The molecule has 4 rings (SSSR count). The van der Waals surface area contributed by atoms with Crippen LogP contribution in [0.15, 0.2) is 72.8 Å². The molecule has 0 bridgehead atoms. The van der Waals surface area contributed by atoms with Gasteiger partial charge >= 0.3 is 5.97 Å². The molecule has 30 heavy (non-hydrogen) atoms. The van der Waals surface area contributed by atoms with Gasteiger partial charge in [0, 0.05) is 11.1 Å². The fraction of sp³-hybridized carbons (Fsp3) is 0.120. The minimum absolute atomic E-state index is 0.0541. The van der Waals surface area contributed by atoms with Crippen molar-refractivity contribution in [2.24, 2.45) is 0 Å². The van der Waals surface area contributed by atoms with Gasteiger partial charge in [0.25, 0.3) is 0 Å². The van der Waals surface area contributed by atoms with Gasteiger partial charge in [-0.3, -0.25) is 4.79 Å². The van der Waals surface area contributed by atoms with E-state index in [0.717, 1.165) is 32.7 Å². The summed E-state index contributed by atoms with van der Waals surface area (Å²) in [5.74, 6) is -0.157. The standard InChI is InChI=1S/C25H20O5/c1-16(26)14-29-21-12-10-17-6-2-4-8-19(17)24(21)25-20-9-5-3-7-18(20)11-13-22(25)30-15-23(27)28/h2-13H,14-15H2,1H3,(H,27,28). The van der Waals surface area contributed by atoms with Crippen molar-refractivity contribution in [3.05, 3.63) is 72.8 Å². The first kappa shape index (κ1) is 19.5. The fourth-order valence-electron chi connectivity index (χ4n) is 3.58. The highest BCUT2D eigenvalue weighted by molar-refractivity contribution is 6.09. The lowest BCUT2D eigenvalue weighted by Crippen LogP contribution is -2.11. The highest BCUT2D eigenvalue weighted by atomic mass is 16.5. The molecule has 0 aliphatic rings. The summed E-state index contributed by atoms with van der Waals surface area (Å²) in [6.45, 7) is 0.960. The molecule has 0 aromatic heterocycles. The Hall–Kier alpha value is -3.86. The Morgan fingerprint density at radius 3 is 1.63 bits per heavy atom. The Morgan fingerprint density at radius 1 is 0.700 bits per heavy atom. The molecule has 0 radical (unpaired) electrons. The third kappa shape index (κ3) is 3.82. The van der Waals surface area contributed by atoms with Gasteiger partial charge in [0.15, 0.2) is 12.4 Å². The molecular formula is C25H20O5. The maximum Gasteiger partial charge on any atom is 0.341 e. The Balaban J connectivity index is 2.05. The summed E-state index contributed by atoms with van der Waals surface area (Å²) in [6.07, 6.45) is 0. The zero-order valence-electron chi connectivity index (χ0n) is 16.4. The van der Waals surface area contributed by atoms with Gasteiger partial charge in [-0.15, -0.1) is 0 Å². The molecular weight excluding hydrogens is 380 g/mol. The Bertz CT molecular complexity index is 1160. The molecule has 0 saturated heterocycles. The van der Waals surface area contributed by atoms with Crippen LogP contribution in [0.5, 0.6) is 11.5 Å². The number of carboxylic acids is 1. The molecule has 0 amide bonds. The van der Waals surface area contributed by atoms with E-state index in [9.17, 15) is 9.59 Å². The molecule has 4 aromatic rings. The first-order valence-corrected chi connectivity index (χ1v) is 9.55. The van der Waals surface area contributed by atoms with Crippen molar-refractivity contribution in [3.8, 4) is 22.6 Å². The number of rotatable bonds is 7. The number of ketones is 1. The highest BCUT2D eigenvalue weighted by Crippen LogP contribution is 2.45. The minimum Gasteiger partial charge on any atom is -0.485 e. The summed E-state index contributed by atoms with van der Waals surface area (Å²) in [7, 11) is 0. The molecule has 5 nitrogen and oxygen atoms in total. The van der Waals surface area contributed by atoms with Gasteiger partial charge in [0.2, 0.25) is 0 Å². The van der Waals surface area contributed by atoms with Gasteiger partial charge in [0.05, 0.1) is 0 Å². The van der Waals surface area contributed by atoms with Gasteiger partial charge < -0.3 is 14.6 Å². The maximum absolute atomic E-state index is 11.6. The van der Waals surface area contributed by atoms with Crippen LogP contribution in [-0.4, -0.2) is 30.1 Å². The number of ether oxygens (including phenoxy) is 2. The van der Waals surface area contributed by atoms with Crippen LogP contribution in [0.1, 0.15) is 6.92 Å². The summed E-state index contributed by atoms with van der Waals surface area (Å²) in [6, 6.07) is 23.1. The van der Waals surface area contributed by atoms with Crippen LogP contribution in [0.4, 0.5) is 0 Å². The van der Waals surface area contributed by atoms with Crippen LogP contribution < -0.4 is 9.47 Å². The molecule has 0 atom stereocenters. The molecule has 0 aliphatic heterocycles. The van der Waals surface area contributed by atoms with Crippen molar-refractivity contribution in [2.75, 3.05) is 13.2 Å². The number of fused-ring (bicyclic) bond motifs is 2. The molecule has 0 fully saturated rings. The maximum atomic E-state index is 11.6. The summed E-state index contributed by atoms with van der Waals surface area (Å²) in [5.41, 5.74) is 1.51. The molecule has 4 aromatic carbocycles. The molecule has 0 heterocycles. The van der Waals surface area contributed by atoms with Crippen LogP contribution in [0, 0.1) is 0 Å². The summed E-state index contributed by atoms with van der Waals surface area (Å²) in [5, 5.41) is 13.0. The summed E-state index contributed by atoms with van der Waals surface area (Å²) < 4.78 is 11.5. The fourth-order valence-corrected chi connectivity index (χ4v) is 3.58. The van der Waals surface area contributed by atoms with Crippen molar-refractivity contribution >= 4 is 33.3 Å². The van der Waals surface area contributed by atoms with Gasteiger partial charge in [-0.05, 0) is 40.6 Å². The average Bonchev–Trinajstić information content (AvgIpc) is 2.75. The Labute approximate surface area is 173 Å². The van der Waals surface area contributed by atoms with E-state index >= 15 is 0 Å². The van der Waals surface area contributed by atoms with Gasteiger partial charge in [-0.2, -0.15) is 0 Å². The van der Waals surface area contributed by atoms with Gasteiger partial charge in [-0.25, -0.2) is 4.79 Å². The van der Waals surface area contributed by atoms with Crippen LogP contribution >= 0.6 is 0 Å². The van der Waals surface area contributed by atoms with Gasteiger partial charge in [0.1, 0.15) is 18.1 Å². The topological polar surface area (TPSA) is 72.8 Å². The van der Waals surface area contributed by atoms with Crippen molar-refractivity contribution in [3.63, 3.8) is 0 Å². The van der Waals surface area contributed by atoms with Crippen LogP contribution in [0.3, 0.4) is 0 Å². The summed E-state index contributed by atoms with van der Waals surface area (Å²) >= 11 is 0. The predicted octanol–water partition coefficient (Wildman–Crippen LogP) is 5.09. The molecule has 0 aliphatic carbocycles. The van der Waals surface area contributed by atoms with E-state index in [1.807, 2.05) is 66.7 Å². The van der Waals surface area contributed by atoms with E-state index in [1.54, 1.807) is 6.07 Å². The molecule has 150 valence electrons. The number of carboxylic acid groups (broad SMARTS) is 1. The third-order valence-electron chi connectivity index (χ3n) is 4.81. The number of benzene rings is 4. The SMILES string of the molecule is CC(=O)COc1ccc2ccccc2c1-c1c(OCC(=O)O)ccc2ccccc12. The lowest BCUT2D eigenvalue weighted by molar-refractivity contribution is -0.139. The normalized spacial score (nSPS) is 10.8. The van der Waals surface area contributed by atoms with Crippen LogP contribution in [0.2, 0.25) is 0 Å². The van der Waals surface area contributed by atoms with Crippen molar-refractivity contribution in [1.29, 1.82) is 0 Å². The smallest absolute Gasteiger partial charge is 0.341 e. The Kier molecular flexibility index (Phi) is 5.35. The molecule has 1 N–H and O–H groups in total. The van der Waals surface area contributed by atoms with Crippen molar-refractivity contribution in [1.82, 2.24) is 0 Å². The highest BCUT2D eigenvalue weighted by Gasteiger charge is 2.19. The lowest BCUT2D eigenvalue weighted by Gasteiger charge is -2.19. The Morgan fingerprint density at radius 2 is 1.17 bits per heavy atom. The minimum atomic E-state index is -1.06. The second-order valence-corrected chi connectivity index (χ2v) is 6.99. The molecule has 0 spiro atoms. The first-order valence-electron chi connectivity index (χ1n) is 9.55. The second kappa shape index (κ2) is 8.25. The number of hydrogen-bond acceptors (Lipinski definition) is 4. The van der Waals surface area contributed by atoms with E-state index in [4.69, 9.17) is 14.6 Å². The van der Waals surface area contributed by atoms with E-state index in [2.05, 4.69) is 0 Å². The van der Waals surface area contributed by atoms with Gasteiger partial charge in [-0.1, -0.05) is 60.7 Å². The quantitative estimate of drug-likeness (QED) is 0.468. The zero-order chi connectivity index (χ0) is 21.1. The second-order valence-electron chi connectivity index (χ2n) is 6.99. The predicted molar refractivity (Wildman–Crippen MR) is 116 cm³/mol. The van der Waals surface area contributed by atoms with Crippen molar-refractivity contribution in [2.45, 2.75) is 6.92 Å². The number of Topliss-reactive ketones (excluding diaryl/α,β-unsaturated/α-hetero) is 1. The number of carbonyl (C=O) groups is 2. The van der Waals surface area contributed by atoms with E-state index in [1.165, 1.54) is 6.92 Å². The number of aliphatic carboxylic acids is 1. The monoisotopic (exact) mass is 400 g/mol. The first-order chi connectivity index (χ1) is 14.5. The van der Waals surface area contributed by atoms with Crippen LogP contribution in [0.25, 0.3) is 32.7 Å². The van der Waals surface area contributed by atoms with E-state index in [0.29, 0.717) is 11.5 Å². The van der Waals surface area contributed by atoms with Crippen LogP contribution in [-0.2, 0) is 9.59 Å². The average molecular weight is 400 g/mol. The third-order valence-corrected chi connectivity index (χ3v) is 4.81. The molecule has 5 heteroatoms. The molecule has 0 unspecified atom stereocenters. The van der Waals surface area contributed by atoms with E-state index < -0.39 is 12.6 Å². The lowest BCUT2D eigenvalue weighted by atomic mass is 9.92. The number of carbonyl (C=O) groups excluding carboxylic acids is 1.